The van der Waals surface area contributed by atoms with Crippen LogP contribution >= 0.6 is 0 Å². The number of hydrogen-bond donors (Lipinski definition) is 2. The largest absolute Gasteiger partial charge is 0.328 e. The van der Waals surface area contributed by atoms with E-state index in [2.05, 4.69) is 4.89 Å². The van der Waals surface area contributed by atoms with Crippen LogP contribution in [0.3, 0.4) is 0 Å². The zero-order valence-electron chi connectivity index (χ0n) is 6.12. The van der Waals surface area contributed by atoms with Crippen molar-refractivity contribution in [3.63, 3.8) is 0 Å². The second kappa shape index (κ2) is 3.91. The second-order valence-electron chi connectivity index (χ2n) is 3.08. The fourth-order valence-corrected chi connectivity index (χ4v) is 1.46. The van der Waals surface area contributed by atoms with Crippen molar-refractivity contribution in [2.24, 2.45) is 11.7 Å². The van der Waals surface area contributed by atoms with Gasteiger partial charge in [-0.2, -0.15) is 0 Å². The van der Waals surface area contributed by atoms with Crippen LogP contribution < -0.4 is 5.73 Å². The Morgan fingerprint density at radius 1 is 1.30 bits per heavy atom. The minimum Gasteiger partial charge on any atom is -0.328 e. The van der Waals surface area contributed by atoms with E-state index in [1.54, 1.807) is 0 Å². The van der Waals surface area contributed by atoms with Gasteiger partial charge in [0.25, 0.3) is 0 Å². The molecule has 0 aromatic carbocycles. The van der Waals surface area contributed by atoms with Crippen LogP contribution in [0.5, 0.6) is 0 Å². The Labute approximate surface area is 61.1 Å². The molecule has 0 aromatic rings. The van der Waals surface area contributed by atoms with Gasteiger partial charge >= 0.3 is 0 Å². The maximum absolute atomic E-state index is 8.15. The van der Waals surface area contributed by atoms with Gasteiger partial charge in [0.2, 0.25) is 0 Å². The molecule has 0 heterocycles. The zero-order valence-corrected chi connectivity index (χ0v) is 6.12. The molecule has 0 amide bonds. The fraction of sp³-hybridized carbons (Fsp3) is 1.00. The van der Waals surface area contributed by atoms with Gasteiger partial charge in [0.15, 0.2) is 0 Å². The van der Waals surface area contributed by atoms with E-state index in [9.17, 15) is 0 Å². The van der Waals surface area contributed by atoms with E-state index in [1.165, 1.54) is 0 Å². The van der Waals surface area contributed by atoms with Gasteiger partial charge in [0.05, 0.1) is 6.61 Å². The summed E-state index contributed by atoms with van der Waals surface area (Å²) in [6.45, 7) is 0.479. The molecule has 0 bridgehead atoms. The summed E-state index contributed by atoms with van der Waals surface area (Å²) in [5.41, 5.74) is 5.69. The third kappa shape index (κ3) is 2.25. The molecule has 1 fully saturated rings. The Morgan fingerprint density at radius 3 is 2.40 bits per heavy atom. The molecule has 0 saturated heterocycles. The number of hydrogen-bond acceptors (Lipinski definition) is 3. The van der Waals surface area contributed by atoms with Gasteiger partial charge in [-0.05, 0) is 31.6 Å². The average Bonchev–Trinajstić information content (AvgIpc) is 1.95. The molecule has 1 aliphatic carbocycles. The highest BCUT2D eigenvalue weighted by Crippen LogP contribution is 2.22. The molecule has 1 aliphatic rings. The second-order valence-corrected chi connectivity index (χ2v) is 3.08. The van der Waals surface area contributed by atoms with Gasteiger partial charge in [-0.25, -0.2) is 4.89 Å². The summed E-state index contributed by atoms with van der Waals surface area (Å²) >= 11 is 0. The van der Waals surface area contributed by atoms with Crippen molar-refractivity contribution in [1.29, 1.82) is 0 Å². The van der Waals surface area contributed by atoms with E-state index >= 15 is 0 Å². The van der Waals surface area contributed by atoms with E-state index in [4.69, 9.17) is 11.0 Å². The van der Waals surface area contributed by atoms with E-state index < -0.39 is 0 Å². The zero-order chi connectivity index (χ0) is 7.40. The van der Waals surface area contributed by atoms with Gasteiger partial charge in [-0.3, -0.25) is 5.26 Å². The van der Waals surface area contributed by atoms with Crippen LogP contribution in [0.25, 0.3) is 0 Å². The molecule has 0 radical (unpaired) electrons. The van der Waals surface area contributed by atoms with E-state index in [0.29, 0.717) is 18.6 Å². The van der Waals surface area contributed by atoms with E-state index in [0.717, 1.165) is 25.7 Å². The summed E-state index contributed by atoms with van der Waals surface area (Å²) in [6, 6.07) is 0.384. The molecule has 0 unspecified atom stereocenters. The van der Waals surface area contributed by atoms with Gasteiger partial charge in [-0.1, -0.05) is 0 Å². The van der Waals surface area contributed by atoms with Gasteiger partial charge in [0, 0.05) is 6.04 Å². The van der Waals surface area contributed by atoms with Crippen molar-refractivity contribution in [2.75, 3.05) is 6.61 Å². The number of rotatable bonds is 2. The summed E-state index contributed by atoms with van der Waals surface area (Å²) in [6.07, 6.45) is 4.35. The molecule has 60 valence electrons. The Bertz CT molecular complexity index is 89.6. The van der Waals surface area contributed by atoms with E-state index in [-0.39, 0.29) is 0 Å². The van der Waals surface area contributed by atoms with Crippen molar-refractivity contribution in [3.05, 3.63) is 0 Å². The molecular formula is C7H15NO2. The maximum Gasteiger partial charge on any atom is 0.0847 e. The molecule has 1 saturated carbocycles. The Morgan fingerprint density at radius 2 is 1.90 bits per heavy atom. The van der Waals surface area contributed by atoms with Crippen molar-refractivity contribution >= 4 is 0 Å². The topological polar surface area (TPSA) is 55.5 Å². The van der Waals surface area contributed by atoms with Crippen molar-refractivity contribution in [3.8, 4) is 0 Å². The van der Waals surface area contributed by atoms with Crippen molar-refractivity contribution in [1.82, 2.24) is 0 Å². The minimum absolute atomic E-state index is 0.384. The van der Waals surface area contributed by atoms with Crippen LogP contribution in [0.4, 0.5) is 0 Å². The Kier molecular flexibility index (Phi) is 3.12. The predicted molar refractivity (Wildman–Crippen MR) is 38.5 cm³/mol. The summed E-state index contributed by atoms with van der Waals surface area (Å²) in [5.74, 6) is 0.532. The highest BCUT2D eigenvalue weighted by Gasteiger charge is 2.18. The average molecular weight is 145 g/mol. The maximum atomic E-state index is 8.15. The molecular weight excluding hydrogens is 130 g/mol. The number of nitrogens with two attached hydrogens (primary N) is 1. The van der Waals surface area contributed by atoms with Crippen LogP contribution in [0.1, 0.15) is 25.7 Å². The van der Waals surface area contributed by atoms with Crippen LogP contribution in [0.2, 0.25) is 0 Å². The van der Waals surface area contributed by atoms with Gasteiger partial charge in [0.1, 0.15) is 0 Å². The molecule has 0 spiro atoms. The lowest BCUT2D eigenvalue weighted by Gasteiger charge is -2.24. The normalized spacial score (nSPS) is 34.2. The highest BCUT2D eigenvalue weighted by molar-refractivity contribution is 4.73. The molecule has 3 nitrogen and oxygen atoms in total. The van der Waals surface area contributed by atoms with Crippen LogP contribution in [-0.2, 0) is 4.89 Å². The summed E-state index contributed by atoms with van der Waals surface area (Å²) in [4.78, 5) is 4.08. The predicted octanol–water partition coefficient (Wildman–Crippen LogP) is 0.993. The lowest BCUT2D eigenvalue weighted by Crippen LogP contribution is -2.28. The minimum atomic E-state index is 0.384. The molecule has 1 rings (SSSR count). The van der Waals surface area contributed by atoms with Crippen molar-refractivity contribution < 1.29 is 10.1 Å². The summed E-state index contributed by atoms with van der Waals surface area (Å²) < 4.78 is 0. The fourth-order valence-electron chi connectivity index (χ4n) is 1.46. The Balaban J connectivity index is 2.13. The molecule has 10 heavy (non-hydrogen) atoms. The third-order valence-electron chi connectivity index (χ3n) is 2.20. The Hall–Kier alpha value is -0.120. The lowest BCUT2D eigenvalue weighted by molar-refractivity contribution is -0.252. The first-order chi connectivity index (χ1) is 4.83. The molecule has 0 atom stereocenters. The summed E-state index contributed by atoms with van der Waals surface area (Å²) in [5, 5.41) is 8.15. The highest BCUT2D eigenvalue weighted by atomic mass is 17.1. The lowest BCUT2D eigenvalue weighted by atomic mass is 9.87. The standard InChI is InChI=1S/C7H15NO2/c8-7-3-1-6(2-4-7)5-10-9/h6-7,9H,1-5,8H2. The smallest absolute Gasteiger partial charge is 0.0847 e. The molecule has 0 aliphatic heterocycles. The summed E-state index contributed by atoms with van der Waals surface area (Å²) in [7, 11) is 0. The van der Waals surface area contributed by atoms with Crippen LogP contribution in [0, 0.1) is 5.92 Å². The first-order valence-corrected chi connectivity index (χ1v) is 3.85. The monoisotopic (exact) mass is 145 g/mol. The quantitative estimate of drug-likeness (QED) is 0.450. The first-order valence-electron chi connectivity index (χ1n) is 3.85. The molecule has 3 heteroatoms. The van der Waals surface area contributed by atoms with Crippen molar-refractivity contribution in [2.45, 2.75) is 31.7 Å². The van der Waals surface area contributed by atoms with Gasteiger partial charge in [-0.15, -0.1) is 0 Å². The first kappa shape index (κ1) is 7.98. The SMILES string of the molecule is NC1CCC(COO)CC1. The van der Waals surface area contributed by atoms with E-state index in [1.807, 2.05) is 0 Å². The van der Waals surface area contributed by atoms with Gasteiger partial charge < -0.3 is 5.73 Å². The van der Waals surface area contributed by atoms with Crippen LogP contribution in [-0.4, -0.2) is 17.9 Å². The third-order valence-corrected chi connectivity index (χ3v) is 2.20. The molecule has 3 N–H and O–H groups in total. The van der Waals surface area contributed by atoms with Crippen LogP contribution in [0.15, 0.2) is 0 Å². The molecule has 0 aromatic heterocycles.